The second kappa shape index (κ2) is 3.44. The second-order valence-electron chi connectivity index (χ2n) is 2.45. The molecule has 0 atom stereocenters. The van der Waals surface area contributed by atoms with Gasteiger partial charge in [-0.2, -0.15) is 18.4 Å². The fraction of sp³-hybridized carbons (Fsp3) is 0.250. The van der Waals surface area contributed by atoms with Crippen LogP contribution < -0.4 is 0 Å². The molecular weight excluding hydrogens is 181 g/mol. The zero-order chi connectivity index (χ0) is 9.90. The number of hydrogen-bond donors (Lipinski definition) is 0. The summed E-state index contributed by atoms with van der Waals surface area (Å²) in [4.78, 5) is 3.56. The summed E-state index contributed by atoms with van der Waals surface area (Å²) in [7, 11) is 0. The van der Waals surface area contributed by atoms with Gasteiger partial charge in [-0.1, -0.05) is 0 Å². The molecule has 0 spiro atoms. The van der Waals surface area contributed by atoms with E-state index in [-0.39, 0.29) is 11.3 Å². The third-order valence-corrected chi connectivity index (χ3v) is 1.34. The molecule has 68 valence electrons. The molecule has 2 nitrogen and oxygen atoms in total. The van der Waals surface area contributed by atoms with E-state index < -0.39 is 12.6 Å². The number of rotatable bonds is 1. The van der Waals surface area contributed by atoms with E-state index in [1.165, 1.54) is 12.3 Å². The Labute approximate surface area is 72.6 Å². The summed E-state index contributed by atoms with van der Waals surface area (Å²) in [6.07, 6.45) is -4.07. The number of nitrogens with zero attached hydrogens (tertiary/aromatic N) is 2. The Balaban J connectivity index is 2.86. The van der Waals surface area contributed by atoms with E-state index in [9.17, 15) is 13.2 Å². The van der Waals surface area contributed by atoms with Crippen LogP contribution in [0.4, 0.5) is 13.2 Å². The first-order valence-corrected chi connectivity index (χ1v) is 3.43. The van der Waals surface area contributed by atoms with Gasteiger partial charge in [0.05, 0.1) is 6.42 Å². The van der Waals surface area contributed by atoms with Gasteiger partial charge >= 0.3 is 6.18 Å². The van der Waals surface area contributed by atoms with Gasteiger partial charge in [0.2, 0.25) is 0 Å². The Kier molecular flexibility index (Phi) is 2.52. The van der Waals surface area contributed by atoms with E-state index in [0.29, 0.717) is 0 Å². The number of halogens is 3. The molecule has 0 fully saturated rings. The minimum atomic E-state index is -4.24. The van der Waals surface area contributed by atoms with Crippen molar-refractivity contribution in [2.75, 3.05) is 0 Å². The van der Waals surface area contributed by atoms with Crippen molar-refractivity contribution in [3.63, 3.8) is 0 Å². The first kappa shape index (κ1) is 9.52. The summed E-state index contributed by atoms with van der Waals surface area (Å²) in [6.45, 7) is 0. The van der Waals surface area contributed by atoms with Gasteiger partial charge in [-0.05, 0) is 17.7 Å². The maximum Gasteiger partial charge on any atom is 0.393 e. The van der Waals surface area contributed by atoms with Crippen LogP contribution in [-0.2, 0) is 6.42 Å². The van der Waals surface area contributed by atoms with Crippen LogP contribution in [0, 0.1) is 11.3 Å². The number of hydrogen-bond acceptors (Lipinski definition) is 2. The quantitative estimate of drug-likeness (QED) is 0.673. The summed E-state index contributed by atoms with van der Waals surface area (Å²) < 4.78 is 35.6. The van der Waals surface area contributed by atoms with Crippen molar-refractivity contribution in [3.05, 3.63) is 29.6 Å². The van der Waals surface area contributed by atoms with Gasteiger partial charge in [0.1, 0.15) is 11.8 Å². The molecule has 1 aromatic heterocycles. The van der Waals surface area contributed by atoms with E-state index in [4.69, 9.17) is 5.26 Å². The fourth-order valence-electron chi connectivity index (χ4n) is 0.877. The highest BCUT2D eigenvalue weighted by molar-refractivity contribution is 5.25. The topological polar surface area (TPSA) is 36.7 Å². The molecule has 0 aliphatic heterocycles. The highest BCUT2D eigenvalue weighted by Crippen LogP contribution is 2.20. The lowest BCUT2D eigenvalue weighted by Crippen LogP contribution is -2.11. The smallest absolute Gasteiger partial charge is 0.246 e. The normalized spacial score (nSPS) is 10.9. The number of alkyl halides is 3. The van der Waals surface area contributed by atoms with Gasteiger partial charge in [-0.3, -0.25) is 0 Å². The van der Waals surface area contributed by atoms with E-state index in [0.717, 1.165) is 6.07 Å². The molecule has 1 heterocycles. The first-order valence-electron chi connectivity index (χ1n) is 3.43. The Morgan fingerprint density at radius 1 is 1.46 bits per heavy atom. The summed E-state index contributed by atoms with van der Waals surface area (Å²) in [5, 5.41) is 8.37. The zero-order valence-corrected chi connectivity index (χ0v) is 6.47. The van der Waals surface area contributed by atoms with Gasteiger partial charge in [0.25, 0.3) is 0 Å². The van der Waals surface area contributed by atoms with Crippen molar-refractivity contribution in [3.8, 4) is 6.07 Å². The number of pyridine rings is 1. The fourth-order valence-corrected chi connectivity index (χ4v) is 0.877. The molecule has 1 rings (SSSR count). The molecule has 5 heteroatoms. The minimum Gasteiger partial charge on any atom is -0.246 e. The lowest BCUT2D eigenvalue weighted by atomic mass is 10.2. The largest absolute Gasteiger partial charge is 0.393 e. The second-order valence-corrected chi connectivity index (χ2v) is 2.45. The predicted octanol–water partition coefficient (Wildman–Crippen LogP) is 2.06. The lowest BCUT2D eigenvalue weighted by Gasteiger charge is -2.05. The molecule has 0 saturated heterocycles. The Hall–Kier alpha value is -1.57. The van der Waals surface area contributed by atoms with Gasteiger partial charge < -0.3 is 0 Å². The predicted molar refractivity (Wildman–Crippen MR) is 38.7 cm³/mol. The van der Waals surface area contributed by atoms with Gasteiger partial charge in [-0.25, -0.2) is 4.98 Å². The SMILES string of the molecule is N#Cc1cc(CC(F)(F)F)ccn1. The van der Waals surface area contributed by atoms with Crippen molar-refractivity contribution >= 4 is 0 Å². The highest BCUT2D eigenvalue weighted by atomic mass is 19.4. The third kappa shape index (κ3) is 3.11. The van der Waals surface area contributed by atoms with Crippen LogP contribution in [-0.4, -0.2) is 11.2 Å². The van der Waals surface area contributed by atoms with Crippen LogP contribution in [0.15, 0.2) is 18.3 Å². The highest BCUT2D eigenvalue weighted by Gasteiger charge is 2.27. The molecule has 0 aliphatic rings. The van der Waals surface area contributed by atoms with Crippen molar-refractivity contribution in [1.29, 1.82) is 5.26 Å². The summed E-state index contributed by atoms with van der Waals surface area (Å²) in [5.41, 5.74) is 0.0563. The van der Waals surface area contributed by atoms with Gasteiger partial charge in [-0.15, -0.1) is 0 Å². The maximum absolute atomic E-state index is 11.9. The van der Waals surface area contributed by atoms with Crippen molar-refractivity contribution in [2.24, 2.45) is 0 Å². The molecule has 0 bridgehead atoms. The standard InChI is InChI=1S/C8H5F3N2/c9-8(10,11)4-6-1-2-13-7(3-6)5-12/h1-3H,4H2. The molecule has 0 radical (unpaired) electrons. The number of nitriles is 1. The van der Waals surface area contributed by atoms with E-state index >= 15 is 0 Å². The van der Waals surface area contributed by atoms with Crippen LogP contribution in [0.25, 0.3) is 0 Å². The van der Waals surface area contributed by atoms with E-state index in [2.05, 4.69) is 4.98 Å². The zero-order valence-electron chi connectivity index (χ0n) is 6.47. The Bertz CT molecular complexity index is 338. The molecule has 0 aliphatic carbocycles. The molecule has 0 aromatic carbocycles. The molecule has 13 heavy (non-hydrogen) atoms. The third-order valence-electron chi connectivity index (χ3n) is 1.34. The Morgan fingerprint density at radius 3 is 2.69 bits per heavy atom. The monoisotopic (exact) mass is 186 g/mol. The van der Waals surface area contributed by atoms with Crippen LogP contribution in [0.5, 0.6) is 0 Å². The maximum atomic E-state index is 11.9. The summed E-state index contributed by atoms with van der Waals surface area (Å²) in [5.74, 6) is 0. The van der Waals surface area contributed by atoms with Crippen LogP contribution in [0.3, 0.4) is 0 Å². The minimum absolute atomic E-state index is 0.00162. The molecule has 0 unspecified atom stereocenters. The average molecular weight is 186 g/mol. The van der Waals surface area contributed by atoms with E-state index in [1.54, 1.807) is 6.07 Å². The first-order chi connectivity index (χ1) is 6.01. The van der Waals surface area contributed by atoms with Crippen LogP contribution in [0.1, 0.15) is 11.3 Å². The summed E-state index contributed by atoms with van der Waals surface area (Å²) >= 11 is 0. The summed E-state index contributed by atoms with van der Waals surface area (Å²) in [6, 6.07) is 4.05. The molecule has 1 aromatic rings. The van der Waals surface area contributed by atoms with Crippen molar-refractivity contribution in [1.82, 2.24) is 4.98 Å². The Morgan fingerprint density at radius 2 is 2.15 bits per heavy atom. The van der Waals surface area contributed by atoms with Crippen LogP contribution >= 0.6 is 0 Å². The molecule has 0 saturated carbocycles. The molecule has 0 N–H and O–H groups in total. The lowest BCUT2D eigenvalue weighted by molar-refractivity contribution is -0.127. The van der Waals surface area contributed by atoms with Gasteiger partial charge in [0, 0.05) is 6.20 Å². The van der Waals surface area contributed by atoms with E-state index in [1.807, 2.05) is 0 Å². The average Bonchev–Trinajstić information content (AvgIpc) is 2.01. The number of aromatic nitrogens is 1. The van der Waals surface area contributed by atoms with Crippen LogP contribution in [0.2, 0.25) is 0 Å². The van der Waals surface area contributed by atoms with Crippen molar-refractivity contribution in [2.45, 2.75) is 12.6 Å². The molecular formula is C8H5F3N2. The van der Waals surface area contributed by atoms with Crippen molar-refractivity contribution < 1.29 is 13.2 Å². The molecule has 0 amide bonds. The van der Waals surface area contributed by atoms with Gasteiger partial charge in [0.15, 0.2) is 0 Å².